The normalized spacial score (nSPS) is 10.8. The average molecular weight is 393 g/mol. The summed E-state index contributed by atoms with van der Waals surface area (Å²) in [4.78, 5) is 22.3. The lowest BCUT2D eigenvalue weighted by molar-refractivity contribution is -0.384. The summed E-state index contributed by atoms with van der Waals surface area (Å²) in [5.74, 6) is 1.12. The van der Waals surface area contributed by atoms with Gasteiger partial charge in [-0.05, 0) is 37.1 Å². The highest BCUT2D eigenvalue weighted by molar-refractivity contribution is 5.81. The Morgan fingerprint density at radius 1 is 1.17 bits per heavy atom. The van der Waals surface area contributed by atoms with E-state index in [0.717, 1.165) is 11.1 Å². The standard InChI is InChI=1S/C21H19N3O5/c1-14-5-3-6-15(2)21(14)28-13-20(25)23-22-12-18-9-10-19(29-18)16-7-4-8-17(11-16)24(26)27/h3-12H,13H2,1-2H3,(H,23,25)/b22-12-. The second-order valence-corrected chi connectivity index (χ2v) is 6.31. The van der Waals surface area contributed by atoms with E-state index in [0.29, 0.717) is 22.8 Å². The molecule has 0 spiro atoms. The van der Waals surface area contributed by atoms with Crippen LogP contribution in [0.3, 0.4) is 0 Å². The Bertz CT molecular complexity index is 1050. The van der Waals surface area contributed by atoms with Gasteiger partial charge >= 0.3 is 0 Å². The number of amides is 1. The summed E-state index contributed by atoms with van der Waals surface area (Å²) in [6, 6.07) is 15.2. The van der Waals surface area contributed by atoms with Crippen molar-refractivity contribution in [1.29, 1.82) is 0 Å². The Hall–Kier alpha value is -3.94. The van der Waals surface area contributed by atoms with Crippen molar-refractivity contribution in [2.24, 2.45) is 5.10 Å². The number of nitrogens with zero attached hydrogens (tertiary/aromatic N) is 2. The van der Waals surface area contributed by atoms with E-state index < -0.39 is 10.8 Å². The molecule has 8 heteroatoms. The van der Waals surface area contributed by atoms with Gasteiger partial charge in [0.25, 0.3) is 11.6 Å². The van der Waals surface area contributed by atoms with Crippen LogP contribution < -0.4 is 10.2 Å². The number of ether oxygens (including phenoxy) is 1. The number of benzene rings is 2. The van der Waals surface area contributed by atoms with Crippen LogP contribution in [-0.2, 0) is 4.79 Å². The van der Waals surface area contributed by atoms with Crippen LogP contribution in [0.1, 0.15) is 16.9 Å². The molecular formula is C21H19N3O5. The van der Waals surface area contributed by atoms with E-state index in [1.165, 1.54) is 18.3 Å². The zero-order chi connectivity index (χ0) is 20.8. The highest BCUT2D eigenvalue weighted by atomic mass is 16.6. The number of non-ortho nitro benzene ring substituents is 1. The molecule has 1 heterocycles. The van der Waals surface area contributed by atoms with E-state index in [1.807, 2.05) is 32.0 Å². The van der Waals surface area contributed by atoms with Crippen LogP contribution in [0, 0.1) is 24.0 Å². The molecule has 0 atom stereocenters. The van der Waals surface area contributed by atoms with Gasteiger partial charge in [-0.3, -0.25) is 14.9 Å². The fourth-order valence-corrected chi connectivity index (χ4v) is 2.71. The predicted molar refractivity (Wildman–Crippen MR) is 108 cm³/mol. The van der Waals surface area contributed by atoms with E-state index >= 15 is 0 Å². The first kappa shape index (κ1) is 19.8. The summed E-state index contributed by atoms with van der Waals surface area (Å²) in [6.07, 6.45) is 1.35. The number of nitro benzene ring substituents is 1. The van der Waals surface area contributed by atoms with Crippen LogP contribution in [-0.4, -0.2) is 23.7 Å². The second-order valence-electron chi connectivity index (χ2n) is 6.31. The molecule has 0 aliphatic rings. The van der Waals surface area contributed by atoms with Crippen molar-refractivity contribution >= 4 is 17.8 Å². The smallest absolute Gasteiger partial charge is 0.277 e. The van der Waals surface area contributed by atoms with Crippen molar-refractivity contribution in [3.63, 3.8) is 0 Å². The zero-order valence-electron chi connectivity index (χ0n) is 15.9. The number of hydrazone groups is 1. The number of aryl methyl sites for hydroxylation is 2. The van der Waals surface area contributed by atoms with E-state index in [9.17, 15) is 14.9 Å². The molecule has 0 fully saturated rings. The van der Waals surface area contributed by atoms with Gasteiger partial charge in [-0.1, -0.05) is 30.3 Å². The topological polar surface area (TPSA) is 107 Å². The Morgan fingerprint density at radius 3 is 2.62 bits per heavy atom. The molecule has 0 unspecified atom stereocenters. The van der Waals surface area contributed by atoms with E-state index in [2.05, 4.69) is 10.5 Å². The van der Waals surface area contributed by atoms with Gasteiger partial charge in [-0.2, -0.15) is 5.10 Å². The quantitative estimate of drug-likeness (QED) is 0.371. The molecule has 2 aromatic carbocycles. The molecule has 1 N–H and O–H groups in total. The molecule has 0 bridgehead atoms. The number of rotatable bonds is 7. The van der Waals surface area contributed by atoms with Crippen LogP contribution >= 0.6 is 0 Å². The number of nitro groups is 1. The third-order valence-corrected chi connectivity index (χ3v) is 4.11. The van der Waals surface area contributed by atoms with Gasteiger partial charge < -0.3 is 9.15 Å². The van der Waals surface area contributed by atoms with Crippen molar-refractivity contribution in [3.05, 3.63) is 81.6 Å². The number of hydrogen-bond donors (Lipinski definition) is 1. The van der Waals surface area contributed by atoms with Crippen LogP contribution in [0.2, 0.25) is 0 Å². The molecule has 1 aromatic heterocycles. The summed E-state index contributed by atoms with van der Waals surface area (Å²) in [6.45, 7) is 3.66. The molecule has 0 aliphatic heterocycles. The van der Waals surface area contributed by atoms with E-state index in [1.54, 1.807) is 24.3 Å². The molecule has 1 amide bonds. The summed E-state index contributed by atoms with van der Waals surface area (Å²) in [7, 11) is 0. The molecule has 29 heavy (non-hydrogen) atoms. The Labute approximate surface area is 167 Å². The van der Waals surface area contributed by atoms with Gasteiger partial charge in [-0.15, -0.1) is 0 Å². The number of carbonyl (C=O) groups is 1. The summed E-state index contributed by atoms with van der Waals surface area (Å²) < 4.78 is 11.2. The summed E-state index contributed by atoms with van der Waals surface area (Å²) >= 11 is 0. The number of hydrogen-bond acceptors (Lipinski definition) is 6. The Balaban J connectivity index is 1.56. The molecule has 0 saturated heterocycles. The second kappa shape index (κ2) is 8.83. The van der Waals surface area contributed by atoms with Crippen LogP contribution in [0.25, 0.3) is 11.3 Å². The first-order valence-electron chi connectivity index (χ1n) is 8.79. The van der Waals surface area contributed by atoms with Crippen molar-refractivity contribution < 1.29 is 18.9 Å². The largest absolute Gasteiger partial charge is 0.483 e. The number of carbonyl (C=O) groups excluding carboxylic acids is 1. The summed E-state index contributed by atoms with van der Waals surface area (Å²) in [5, 5.41) is 14.7. The molecular weight excluding hydrogens is 374 g/mol. The molecule has 0 aliphatic carbocycles. The highest BCUT2D eigenvalue weighted by Crippen LogP contribution is 2.25. The van der Waals surface area contributed by atoms with Gasteiger partial charge in [0.1, 0.15) is 17.3 Å². The maximum Gasteiger partial charge on any atom is 0.277 e. The van der Waals surface area contributed by atoms with Gasteiger partial charge in [0.2, 0.25) is 0 Å². The lowest BCUT2D eigenvalue weighted by atomic mass is 10.1. The van der Waals surface area contributed by atoms with E-state index in [-0.39, 0.29) is 12.3 Å². The first-order chi connectivity index (χ1) is 13.9. The van der Waals surface area contributed by atoms with Crippen LogP contribution in [0.15, 0.2) is 64.1 Å². The fraction of sp³-hybridized carbons (Fsp3) is 0.143. The monoisotopic (exact) mass is 393 g/mol. The lowest BCUT2D eigenvalue weighted by Gasteiger charge is -2.10. The van der Waals surface area contributed by atoms with E-state index in [4.69, 9.17) is 9.15 Å². The molecule has 0 saturated carbocycles. The molecule has 0 radical (unpaired) electrons. The minimum atomic E-state index is -0.467. The number of para-hydroxylation sites is 1. The number of nitrogens with one attached hydrogen (secondary N) is 1. The number of furan rings is 1. The zero-order valence-corrected chi connectivity index (χ0v) is 15.9. The lowest BCUT2D eigenvalue weighted by Crippen LogP contribution is -2.24. The average Bonchev–Trinajstić information content (AvgIpc) is 3.16. The predicted octanol–water partition coefficient (Wildman–Crippen LogP) is 4.00. The molecule has 3 rings (SSSR count). The van der Waals surface area contributed by atoms with Crippen molar-refractivity contribution in [3.8, 4) is 17.1 Å². The van der Waals surface area contributed by atoms with Crippen molar-refractivity contribution in [1.82, 2.24) is 5.43 Å². The maximum atomic E-state index is 11.9. The Kier molecular flexibility index (Phi) is 6.03. The van der Waals surface area contributed by atoms with Crippen LogP contribution in [0.4, 0.5) is 5.69 Å². The first-order valence-corrected chi connectivity index (χ1v) is 8.79. The minimum Gasteiger partial charge on any atom is -0.483 e. The van der Waals surface area contributed by atoms with Crippen LogP contribution in [0.5, 0.6) is 5.75 Å². The van der Waals surface area contributed by atoms with Gasteiger partial charge in [0.15, 0.2) is 6.61 Å². The maximum absolute atomic E-state index is 11.9. The molecule has 148 valence electrons. The third kappa shape index (κ3) is 5.07. The van der Waals surface area contributed by atoms with Crippen molar-refractivity contribution in [2.75, 3.05) is 6.61 Å². The Morgan fingerprint density at radius 2 is 1.90 bits per heavy atom. The van der Waals surface area contributed by atoms with Crippen molar-refractivity contribution in [2.45, 2.75) is 13.8 Å². The van der Waals surface area contributed by atoms with Gasteiger partial charge in [-0.25, -0.2) is 5.43 Å². The highest BCUT2D eigenvalue weighted by Gasteiger charge is 2.10. The van der Waals surface area contributed by atoms with Gasteiger partial charge in [0, 0.05) is 17.7 Å². The fourth-order valence-electron chi connectivity index (χ4n) is 2.71. The SMILES string of the molecule is Cc1cccc(C)c1OCC(=O)N/N=C\c1ccc(-c2cccc([N+](=O)[O-])c2)o1. The minimum absolute atomic E-state index is 0.0229. The molecule has 8 nitrogen and oxygen atoms in total. The molecule has 3 aromatic rings. The van der Waals surface area contributed by atoms with Gasteiger partial charge in [0.05, 0.1) is 11.1 Å². The third-order valence-electron chi connectivity index (χ3n) is 4.11. The summed E-state index contributed by atoms with van der Waals surface area (Å²) in [5.41, 5.74) is 4.82.